The molecule has 23 heavy (non-hydrogen) atoms. The predicted molar refractivity (Wildman–Crippen MR) is 88.8 cm³/mol. The van der Waals surface area contributed by atoms with Gasteiger partial charge in [0.15, 0.2) is 0 Å². The molecule has 1 fully saturated rings. The van der Waals surface area contributed by atoms with Crippen molar-refractivity contribution >= 4 is 28.9 Å². The molecule has 0 atom stereocenters. The van der Waals surface area contributed by atoms with Gasteiger partial charge in [0, 0.05) is 43.3 Å². The van der Waals surface area contributed by atoms with Crippen molar-refractivity contribution in [2.24, 2.45) is 0 Å². The fourth-order valence-corrected chi connectivity index (χ4v) is 3.00. The third-order valence-corrected chi connectivity index (χ3v) is 4.50. The van der Waals surface area contributed by atoms with Crippen molar-refractivity contribution in [2.75, 3.05) is 31.1 Å². The van der Waals surface area contributed by atoms with E-state index in [1.807, 2.05) is 4.90 Å². The Morgan fingerprint density at radius 2 is 1.96 bits per heavy atom. The molecule has 1 aromatic carbocycles. The summed E-state index contributed by atoms with van der Waals surface area (Å²) in [7, 11) is 0. The fraction of sp³-hybridized carbons (Fsp3) is 0.333. The first-order chi connectivity index (χ1) is 11.0. The lowest BCUT2D eigenvalue weighted by atomic mass is 10.2. The number of hydrogen-bond donors (Lipinski definition) is 1. The molecular weight excluding hydrogens is 342 g/mol. The summed E-state index contributed by atoms with van der Waals surface area (Å²) in [5.41, 5.74) is 0.862. The van der Waals surface area contributed by atoms with Gasteiger partial charge in [0.2, 0.25) is 0 Å². The highest BCUT2D eigenvalue weighted by molar-refractivity contribution is 6.33. The van der Waals surface area contributed by atoms with Crippen LogP contribution in [0.25, 0.3) is 0 Å². The number of anilines is 1. The van der Waals surface area contributed by atoms with E-state index in [2.05, 4.69) is 15.1 Å². The van der Waals surface area contributed by atoms with Gasteiger partial charge >= 0.3 is 0 Å². The van der Waals surface area contributed by atoms with Gasteiger partial charge in [-0.15, -0.1) is 0 Å². The van der Waals surface area contributed by atoms with Gasteiger partial charge in [-0.25, -0.2) is 9.49 Å². The first-order valence-electron chi connectivity index (χ1n) is 7.19. The van der Waals surface area contributed by atoms with Gasteiger partial charge in [0.1, 0.15) is 10.8 Å². The average Bonchev–Trinajstić information content (AvgIpc) is 2.54. The van der Waals surface area contributed by atoms with Crippen LogP contribution in [-0.2, 0) is 6.54 Å². The normalized spacial score (nSPS) is 15.9. The SMILES string of the molecule is O=c1[nH]ncc(N2CCN(Cc3ccc(Cl)cc3F)CC2)c1Cl. The highest BCUT2D eigenvalue weighted by Gasteiger charge is 2.21. The molecular formula is C15H15Cl2FN4O. The summed E-state index contributed by atoms with van der Waals surface area (Å²) < 4.78 is 13.9. The molecule has 2 heterocycles. The van der Waals surface area contributed by atoms with Crippen molar-refractivity contribution < 1.29 is 4.39 Å². The summed E-state index contributed by atoms with van der Waals surface area (Å²) in [4.78, 5) is 15.7. The zero-order valence-electron chi connectivity index (χ0n) is 12.2. The lowest BCUT2D eigenvalue weighted by Gasteiger charge is -2.36. The van der Waals surface area contributed by atoms with Gasteiger partial charge in [-0.05, 0) is 12.1 Å². The molecule has 1 aromatic heterocycles. The van der Waals surface area contributed by atoms with Crippen LogP contribution in [0.2, 0.25) is 10.0 Å². The maximum absolute atomic E-state index is 13.9. The first-order valence-corrected chi connectivity index (χ1v) is 7.94. The van der Waals surface area contributed by atoms with Crippen LogP contribution >= 0.6 is 23.2 Å². The molecule has 0 spiro atoms. The lowest BCUT2D eigenvalue weighted by molar-refractivity contribution is 0.246. The molecule has 0 bridgehead atoms. The van der Waals surface area contributed by atoms with E-state index >= 15 is 0 Å². The van der Waals surface area contributed by atoms with Crippen LogP contribution in [-0.4, -0.2) is 41.3 Å². The minimum atomic E-state index is -0.394. The second-order valence-electron chi connectivity index (χ2n) is 5.40. The smallest absolute Gasteiger partial charge is 0.285 e. The first kappa shape index (κ1) is 16.2. The average molecular weight is 357 g/mol. The number of nitrogens with one attached hydrogen (secondary N) is 1. The van der Waals surface area contributed by atoms with Crippen molar-refractivity contribution in [3.63, 3.8) is 0 Å². The van der Waals surface area contributed by atoms with Gasteiger partial charge in [-0.2, -0.15) is 5.10 Å². The number of halogens is 3. The predicted octanol–water partition coefficient (Wildman–Crippen LogP) is 2.54. The van der Waals surface area contributed by atoms with E-state index in [-0.39, 0.29) is 10.8 Å². The molecule has 5 nitrogen and oxygen atoms in total. The zero-order chi connectivity index (χ0) is 16.4. The minimum absolute atomic E-state index is 0.150. The molecule has 1 saturated heterocycles. The molecule has 2 aromatic rings. The molecule has 0 unspecified atom stereocenters. The molecule has 0 aliphatic carbocycles. The summed E-state index contributed by atoms with van der Waals surface area (Å²) in [6.45, 7) is 3.40. The van der Waals surface area contributed by atoms with Crippen LogP contribution in [0, 0.1) is 5.82 Å². The Kier molecular flexibility index (Phi) is 4.84. The van der Waals surface area contributed by atoms with Crippen molar-refractivity contribution in [3.8, 4) is 0 Å². The van der Waals surface area contributed by atoms with Crippen molar-refractivity contribution in [1.82, 2.24) is 15.1 Å². The van der Waals surface area contributed by atoms with Crippen LogP contribution in [0.3, 0.4) is 0 Å². The van der Waals surface area contributed by atoms with E-state index in [1.54, 1.807) is 18.3 Å². The number of aromatic amines is 1. The van der Waals surface area contributed by atoms with E-state index in [9.17, 15) is 9.18 Å². The van der Waals surface area contributed by atoms with Gasteiger partial charge in [0.25, 0.3) is 5.56 Å². The summed E-state index contributed by atoms with van der Waals surface area (Å²) in [5, 5.41) is 6.64. The van der Waals surface area contributed by atoms with E-state index in [0.29, 0.717) is 35.9 Å². The van der Waals surface area contributed by atoms with E-state index in [4.69, 9.17) is 23.2 Å². The lowest BCUT2D eigenvalue weighted by Crippen LogP contribution is -2.46. The Labute approximate surface area is 142 Å². The summed E-state index contributed by atoms with van der Waals surface area (Å²) in [5.74, 6) is -0.290. The van der Waals surface area contributed by atoms with Crippen molar-refractivity contribution in [2.45, 2.75) is 6.54 Å². The Bertz CT molecular complexity index is 759. The molecule has 122 valence electrons. The number of rotatable bonds is 3. The van der Waals surface area contributed by atoms with Crippen LogP contribution in [0.1, 0.15) is 5.56 Å². The number of benzene rings is 1. The van der Waals surface area contributed by atoms with E-state index in [1.165, 1.54) is 6.07 Å². The monoisotopic (exact) mass is 356 g/mol. The number of piperazine rings is 1. The molecule has 3 rings (SSSR count). The minimum Gasteiger partial charge on any atom is -0.366 e. The number of H-pyrrole nitrogens is 1. The third-order valence-electron chi connectivity index (χ3n) is 3.90. The Balaban J connectivity index is 1.64. The Morgan fingerprint density at radius 3 is 2.65 bits per heavy atom. The van der Waals surface area contributed by atoms with Gasteiger partial charge in [0.05, 0.1) is 11.9 Å². The number of aromatic nitrogens is 2. The standard InChI is InChI=1S/C15H15Cl2FN4O/c16-11-2-1-10(12(18)7-11)9-21-3-5-22(6-4-21)13-8-19-20-15(23)14(13)17/h1-2,7-8H,3-6,9H2,(H,20,23). The Hall–Kier alpha value is -1.63. The molecule has 0 amide bonds. The summed E-state index contributed by atoms with van der Waals surface area (Å²) in [6, 6.07) is 4.73. The number of nitrogens with zero attached hydrogens (tertiary/aromatic N) is 3. The summed E-state index contributed by atoms with van der Waals surface area (Å²) >= 11 is 11.8. The largest absolute Gasteiger partial charge is 0.366 e. The van der Waals surface area contributed by atoms with Crippen LogP contribution in [0.5, 0.6) is 0 Å². The molecule has 8 heteroatoms. The second kappa shape index (κ2) is 6.86. The second-order valence-corrected chi connectivity index (χ2v) is 6.21. The zero-order valence-corrected chi connectivity index (χ0v) is 13.7. The van der Waals surface area contributed by atoms with E-state index < -0.39 is 5.56 Å². The topological polar surface area (TPSA) is 52.2 Å². The van der Waals surface area contributed by atoms with Crippen molar-refractivity contribution in [1.29, 1.82) is 0 Å². The highest BCUT2D eigenvalue weighted by Crippen LogP contribution is 2.23. The molecule has 1 aliphatic rings. The fourth-order valence-electron chi connectivity index (χ4n) is 2.63. The van der Waals surface area contributed by atoms with Crippen molar-refractivity contribution in [3.05, 3.63) is 56.2 Å². The maximum Gasteiger partial charge on any atom is 0.285 e. The van der Waals surface area contributed by atoms with Crippen LogP contribution in [0.15, 0.2) is 29.2 Å². The highest BCUT2D eigenvalue weighted by atomic mass is 35.5. The summed E-state index contributed by atoms with van der Waals surface area (Å²) in [6.07, 6.45) is 1.55. The van der Waals surface area contributed by atoms with Crippen LogP contribution < -0.4 is 10.5 Å². The molecule has 1 N–H and O–H groups in total. The maximum atomic E-state index is 13.9. The van der Waals surface area contributed by atoms with Gasteiger partial charge in [-0.3, -0.25) is 9.69 Å². The number of hydrogen-bond acceptors (Lipinski definition) is 4. The molecule has 0 radical (unpaired) electrons. The molecule has 0 saturated carbocycles. The molecule has 1 aliphatic heterocycles. The van der Waals surface area contributed by atoms with E-state index in [0.717, 1.165) is 13.1 Å². The van der Waals surface area contributed by atoms with Crippen LogP contribution in [0.4, 0.5) is 10.1 Å². The Morgan fingerprint density at radius 1 is 1.22 bits per heavy atom. The van der Waals surface area contributed by atoms with Gasteiger partial charge < -0.3 is 4.90 Å². The third kappa shape index (κ3) is 3.65. The quantitative estimate of drug-likeness (QED) is 0.917. The van der Waals surface area contributed by atoms with Gasteiger partial charge in [-0.1, -0.05) is 29.3 Å².